The summed E-state index contributed by atoms with van der Waals surface area (Å²) >= 11 is 0. The van der Waals surface area contributed by atoms with Crippen LogP contribution in [0.5, 0.6) is 0 Å². The summed E-state index contributed by atoms with van der Waals surface area (Å²) in [6.45, 7) is 7.82. The van der Waals surface area contributed by atoms with Gasteiger partial charge in [-0.1, -0.05) is 32.4 Å². The van der Waals surface area contributed by atoms with Crippen LogP contribution in [-0.2, 0) is 28.4 Å². The molecule has 22 atom stereocenters. The molecule has 8 aliphatic rings. The molecular weight excluding hydrogens is 708 g/mol. The first kappa shape index (κ1) is 39.9. The molecule has 0 amide bonds. The zero-order valence-electron chi connectivity index (χ0n) is 31.7. The number of rotatable bonds is 7. The van der Waals surface area contributed by atoms with Gasteiger partial charge >= 0.3 is 0 Å². The second-order valence-corrected chi connectivity index (χ2v) is 18.7. The van der Waals surface area contributed by atoms with E-state index in [4.69, 9.17) is 28.4 Å². The molecule has 54 heavy (non-hydrogen) atoms. The lowest BCUT2D eigenvalue weighted by Crippen LogP contribution is -2.60. The van der Waals surface area contributed by atoms with E-state index >= 15 is 0 Å². The molecule has 15 nitrogen and oxygen atoms in total. The van der Waals surface area contributed by atoms with Gasteiger partial charge in [0.25, 0.3) is 0 Å². The molecule has 8 rings (SSSR count). The van der Waals surface area contributed by atoms with E-state index in [0.29, 0.717) is 37.5 Å². The topological polar surface area (TPSA) is 237 Å². The lowest BCUT2D eigenvalue weighted by atomic mass is 9.46. The average molecular weight is 771 g/mol. The summed E-state index contributed by atoms with van der Waals surface area (Å²) in [5, 5.41) is 93.0. The molecule has 4 saturated heterocycles. The Bertz CT molecular complexity index is 1410. The molecule has 1 spiro atoms. The molecule has 3 saturated carbocycles. The molecule has 4 heterocycles. The van der Waals surface area contributed by atoms with Crippen LogP contribution in [0, 0.1) is 40.4 Å². The highest BCUT2D eigenvalue weighted by atomic mass is 16.7. The van der Waals surface area contributed by atoms with Crippen molar-refractivity contribution in [3.8, 4) is 0 Å². The third kappa shape index (κ3) is 6.02. The second kappa shape index (κ2) is 14.2. The fourth-order valence-corrected chi connectivity index (χ4v) is 12.8. The number of hydrogen-bond donors (Lipinski definition) is 9. The maximum absolute atomic E-state index is 11.9. The van der Waals surface area contributed by atoms with Crippen LogP contribution in [0.4, 0.5) is 0 Å². The van der Waals surface area contributed by atoms with E-state index in [1.165, 1.54) is 0 Å². The first-order valence-corrected chi connectivity index (χ1v) is 20.1. The van der Waals surface area contributed by atoms with Gasteiger partial charge in [0.2, 0.25) is 0 Å². The van der Waals surface area contributed by atoms with E-state index in [1.807, 2.05) is 6.92 Å². The van der Waals surface area contributed by atoms with Crippen LogP contribution in [0.25, 0.3) is 0 Å². The minimum atomic E-state index is -1.53. The average Bonchev–Trinajstić information content (AvgIpc) is 3.74. The van der Waals surface area contributed by atoms with Crippen molar-refractivity contribution < 1.29 is 74.4 Å². The zero-order valence-corrected chi connectivity index (χ0v) is 31.7. The van der Waals surface area contributed by atoms with Gasteiger partial charge < -0.3 is 74.4 Å². The number of aliphatic hydroxyl groups is 9. The van der Waals surface area contributed by atoms with Gasteiger partial charge in [-0.05, 0) is 74.5 Å². The van der Waals surface area contributed by atoms with Crippen molar-refractivity contribution in [2.45, 2.75) is 170 Å². The molecule has 0 radical (unpaired) electrons. The highest BCUT2D eigenvalue weighted by Gasteiger charge is 2.71. The molecule has 0 aromatic rings. The minimum Gasteiger partial charge on any atom is -0.394 e. The largest absolute Gasteiger partial charge is 0.394 e. The Kier molecular flexibility index (Phi) is 10.5. The molecule has 0 aromatic carbocycles. The fourth-order valence-electron chi connectivity index (χ4n) is 12.8. The van der Waals surface area contributed by atoms with Gasteiger partial charge in [-0.3, -0.25) is 0 Å². The maximum atomic E-state index is 11.9. The molecule has 7 unspecified atom stereocenters. The summed E-state index contributed by atoms with van der Waals surface area (Å²) in [5.41, 5.74) is -0.0287. The summed E-state index contributed by atoms with van der Waals surface area (Å²) in [6.07, 6.45) is -6.38. The number of fused-ring (bicyclic) bond motifs is 7. The summed E-state index contributed by atoms with van der Waals surface area (Å²) in [7, 11) is 0. The third-order valence-corrected chi connectivity index (χ3v) is 15.8. The van der Waals surface area contributed by atoms with Crippen LogP contribution in [0.15, 0.2) is 11.6 Å². The Morgan fingerprint density at radius 1 is 0.778 bits per heavy atom. The molecule has 308 valence electrons. The minimum absolute atomic E-state index is 0.0139. The molecular formula is C39H62O15. The van der Waals surface area contributed by atoms with Crippen molar-refractivity contribution in [2.75, 3.05) is 19.8 Å². The third-order valence-electron chi connectivity index (χ3n) is 15.8. The van der Waals surface area contributed by atoms with Gasteiger partial charge in [-0.25, -0.2) is 0 Å². The van der Waals surface area contributed by atoms with Crippen LogP contribution in [0.2, 0.25) is 0 Å². The summed E-state index contributed by atoms with van der Waals surface area (Å²) in [4.78, 5) is 0. The van der Waals surface area contributed by atoms with E-state index in [0.717, 1.165) is 31.3 Å². The van der Waals surface area contributed by atoms with Crippen LogP contribution in [0.3, 0.4) is 0 Å². The van der Waals surface area contributed by atoms with Gasteiger partial charge in [0, 0.05) is 24.2 Å². The van der Waals surface area contributed by atoms with E-state index < -0.39 is 104 Å². The monoisotopic (exact) mass is 770 g/mol. The van der Waals surface area contributed by atoms with Crippen molar-refractivity contribution in [3.63, 3.8) is 0 Å². The number of ether oxygens (including phenoxy) is 6. The Labute approximate surface area is 316 Å². The highest BCUT2D eigenvalue weighted by molar-refractivity contribution is 5.28. The highest BCUT2D eigenvalue weighted by Crippen LogP contribution is 2.71. The Morgan fingerprint density at radius 3 is 2.09 bits per heavy atom. The first-order valence-electron chi connectivity index (χ1n) is 20.1. The molecule has 0 bridgehead atoms. The van der Waals surface area contributed by atoms with Crippen molar-refractivity contribution in [1.29, 1.82) is 0 Å². The van der Waals surface area contributed by atoms with Crippen molar-refractivity contribution >= 4 is 0 Å². The van der Waals surface area contributed by atoms with E-state index in [-0.39, 0.29) is 35.9 Å². The molecule has 4 aliphatic carbocycles. The summed E-state index contributed by atoms with van der Waals surface area (Å²) in [5.74, 6) is 0.645. The van der Waals surface area contributed by atoms with Crippen LogP contribution < -0.4 is 0 Å². The Hall–Kier alpha value is -0.860. The Balaban J connectivity index is 0.927. The normalized spacial score (nSPS) is 58.4. The second-order valence-electron chi connectivity index (χ2n) is 18.7. The van der Waals surface area contributed by atoms with Gasteiger partial charge in [-0.15, -0.1) is 0 Å². The van der Waals surface area contributed by atoms with E-state index in [2.05, 4.69) is 26.8 Å². The van der Waals surface area contributed by atoms with Crippen molar-refractivity contribution in [1.82, 2.24) is 0 Å². The molecule has 9 N–H and O–H groups in total. The lowest BCUT2D eigenvalue weighted by molar-refractivity contribution is -0.318. The molecule has 0 aromatic heterocycles. The maximum Gasteiger partial charge on any atom is 0.186 e. The standard InChI is InChI=1S/C39H62O15/c1-17-27-23(53-39(17)10-9-36(2,54-39)16-49-34-32(47)30(45)28(43)24(14-40)51-34)13-22-20-6-5-18-11-19(50-35-33(48)31(46)29(44)25(15-41)52-35)12-26(42)38(18,4)21(20)7-8-37(22,27)3/h5,17,19-35,40-48H,6-16H2,1-4H3/t17-,19-,20?,21?,22?,23?,24+,25+,26+,27?,28+,29+,30-,31-,32+,33+,34+,35+,36?,37-,38-,39?/m0/s1. The lowest BCUT2D eigenvalue weighted by Gasteiger charge is -2.60. The van der Waals surface area contributed by atoms with E-state index in [9.17, 15) is 46.0 Å². The van der Waals surface area contributed by atoms with Gasteiger partial charge in [-0.2, -0.15) is 0 Å². The van der Waals surface area contributed by atoms with Crippen LogP contribution >= 0.6 is 0 Å². The number of hydrogen-bond acceptors (Lipinski definition) is 15. The molecule has 4 aliphatic heterocycles. The quantitative estimate of drug-likeness (QED) is 0.148. The predicted octanol–water partition coefficient (Wildman–Crippen LogP) is -0.552. The van der Waals surface area contributed by atoms with Crippen LogP contribution in [0.1, 0.15) is 79.1 Å². The Morgan fingerprint density at radius 2 is 1.43 bits per heavy atom. The van der Waals surface area contributed by atoms with E-state index in [1.54, 1.807) is 0 Å². The zero-order chi connectivity index (χ0) is 38.7. The number of allylic oxidation sites excluding steroid dienone is 1. The SMILES string of the molecule is C[C@H]1C2C(CC3C4CC=C5C[C@H](O[C@@H]6O[C@H](CO)[C@@H](O)[C@H](O)[C@H]6O)C[C@@H](O)[C@]5(C)C4CC[C@@]32C)OC12CCC(C)(CO[C@@H]1O[C@H](CO)[C@@H](O)[C@H](O)[C@H]1O)O2. The van der Waals surface area contributed by atoms with Crippen molar-refractivity contribution in [2.24, 2.45) is 40.4 Å². The van der Waals surface area contributed by atoms with Gasteiger partial charge in [0.05, 0.1) is 43.7 Å². The molecule has 7 fully saturated rings. The molecule has 15 heteroatoms. The number of aliphatic hydroxyl groups excluding tert-OH is 9. The summed E-state index contributed by atoms with van der Waals surface area (Å²) in [6, 6.07) is 0. The van der Waals surface area contributed by atoms with Gasteiger partial charge in [0.1, 0.15) is 48.8 Å². The smallest absolute Gasteiger partial charge is 0.186 e. The summed E-state index contributed by atoms with van der Waals surface area (Å²) < 4.78 is 37.1. The van der Waals surface area contributed by atoms with Crippen LogP contribution in [-0.4, -0.2) is 157 Å². The van der Waals surface area contributed by atoms with Crippen molar-refractivity contribution in [3.05, 3.63) is 11.6 Å². The fraction of sp³-hybridized carbons (Fsp3) is 0.949. The first-order chi connectivity index (χ1) is 25.5. The van der Waals surface area contributed by atoms with Gasteiger partial charge in [0.15, 0.2) is 18.4 Å². The predicted molar refractivity (Wildman–Crippen MR) is 186 cm³/mol.